The first-order valence-electron chi connectivity index (χ1n) is 7.08. The Morgan fingerprint density at radius 1 is 1.35 bits per heavy atom. The Balaban J connectivity index is 2.94. The molecule has 0 radical (unpaired) electrons. The molecule has 0 aliphatic rings. The Morgan fingerprint density at radius 3 is 2.60 bits per heavy atom. The van der Waals surface area contributed by atoms with Crippen LogP contribution in [0.15, 0.2) is 18.2 Å². The molecule has 0 fully saturated rings. The summed E-state index contributed by atoms with van der Waals surface area (Å²) in [5.74, 6) is 1.42. The van der Waals surface area contributed by atoms with Crippen LogP contribution in [0, 0.1) is 5.82 Å². The average molecular weight is 299 g/mol. The second kappa shape index (κ2) is 7.89. The molecule has 0 heterocycles. The summed E-state index contributed by atoms with van der Waals surface area (Å²) in [5, 5.41) is 3.49. The van der Waals surface area contributed by atoms with Crippen LogP contribution in [0.3, 0.4) is 0 Å². The molecule has 0 bridgehead atoms. The Morgan fingerprint density at radius 2 is 2.05 bits per heavy atom. The van der Waals surface area contributed by atoms with Crippen LogP contribution in [0.5, 0.6) is 5.75 Å². The maximum absolute atomic E-state index is 13.6. The van der Waals surface area contributed by atoms with Crippen LogP contribution in [-0.4, -0.2) is 24.2 Å². The van der Waals surface area contributed by atoms with Crippen molar-refractivity contribution < 1.29 is 9.13 Å². The summed E-state index contributed by atoms with van der Waals surface area (Å²) >= 11 is 1.87. The quantitative estimate of drug-likeness (QED) is 0.806. The van der Waals surface area contributed by atoms with E-state index in [1.165, 1.54) is 6.07 Å². The van der Waals surface area contributed by atoms with E-state index in [0.29, 0.717) is 0 Å². The van der Waals surface area contributed by atoms with Gasteiger partial charge in [-0.15, -0.1) is 0 Å². The van der Waals surface area contributed by atoms with Crippen molar-refractivity contribution in [3.05, 3.63) is 29.6 Å². The third-order valence-corrected chi connectivity index (χ3v) is 4.26. The summed E-state index contributed by atoms with van der Waals surface area (Å²) in [4.78, 5) is 0. The Bertz CT molecular complexity index is 417. The van der Waals surface area contributed by atoms with Gasteiger partial charge >= 0.3 is 0 Å². The van der Waals surface area contributed by atoms with Crippen molar-refractivity contribution in [2.24, 2.45) is 0 Å². The van der Waals surface area contributed by atoms with Gasteiger partial charge in [0.2, 0.25) is 0 Å². The smallest absolute Gasteiger partial charge is 0.123 e. The van der Waals surface area contributed by atoms with Gasteiger partial charge in [0.05, 0.1) is 7.11 Å². The molecule has 0 aromatic heterocycles. The molecule has 1 aromatic rings. The van der Waals surface area contributed by atoms with Crippen molar-refractivity contribution >= 4 is 11.8 Å². The molecule has 1 unspecified atom stereocenters. The van der Waals surface area contributed by atoms with E-state index >= 15 is 0 Å². The van der Waals surface area contributed by atoms with Gasteiger partial charge in [0.25, 0.3) is 0 Å². The van der Waals surface area contributed by atoms with Crippen LogP contribution in [0.4, 0.5) is 4.39 Å². The third kappa shape index (κ3) is 5.71. The van der Waals surface area contributed by atoms with Crippen LogP contribution in [-0.2, 0) is 0 Å². The number of ether oxygens (including phenoxy) is 1. The van der Waals surface area contributed by atoms with Crippen LogP contribution >= 0.6 is 11.8 Å². The largest absolute Gasteiger partial charge is 0.496 e. The maximum atomic E-state index is 13.6. The van der Waals surface area contributed by atoms with Gasteiger partial charge in [0.15, 0.2) is 0 Å². The molecule has 0 spiro atoms. The van der Waals surface area contributed by atoms with Gasteiger partial charge in [0.1, 0.15) is 11.6 Å². The molecule has 2 nitrogen and oxygen atoms in total. The zero-order valence-electron chi connectivity index (χ0n) is 13.1. The van der Waals surface area contributed by atoms with Crippen LogP contribution in [0.1, 0.15) is 45.7 Å². The lowest BCUT2D eigenvalue weighted by Gasteiger charge is -2.25. The number of benzene rings is 1. The number of hydrogen-bond donors (Lipinski definition) is 1. The van der Waals surface area contributed by atoms with Gasteiger partial charge in [-0.1, -0.05) is 27.7 Å². The van der Waals surface area contributed by atoms with E-state index in [-0.39, 0.29) is 16.6 Å². The summed E-state index contributed by atoms with van der Waals surface area (Å²) in [6.45, 7) is 9.62. The van der Waals surface area contributed by atoms with Gasteiger partial charge in [-0.3, -0.25) is 0 Å². The molecule has 0 aliphatic heterocycles. The second-order valence-corrected chi connectivity index (χ2v) is 7.66. The van der Waals surface area contributed by atoms with Crippen molar-refractivity contribution in [1.29, 1.82) is 0 Å². The maximum Gasteiger partial charge on any atom is 0.123 e. The fourth-order valence-corrected chi connectivity index (χ4v) is 2.85. The molecular formula is C16H26FNOS. The molecule has 4 heteroatoms. The number of hydrogen-bond acceptors (Lipinski definition) is 3. The highest BCUT2D eigenvalue weighted by Gasteiger charge is 2.20. The topological polar surface area (TPSA) is 21.3 Å². The fraction of sp³-hybridized carbons (Fsp3) is 0.625. The van der Waals surface area contributed by atoms with E-state index in [9.17, 15) is 4.39 Å². The normalized spacial score (nSPS) is 13.3. The highest BCUT2D eigenvalue weighted by Crippen LogP contribution is 2.32. The summed E-state index contributed by atoms with van der Waals surface area (Å²) in [6, 6.07) is 4.82. The molecule has 0 aliphatic carbocycles. The van der Waals surface area contributed by atoms with Gasteiger partial charge in [-0.25, -0.2) is 4.39 Å². The minimum atomic E-state index is -0.218. The van der Waals surface area contributed by atoms with Crippen molar-refractivity contribution in [3.8, 4) is 5.75 Å². The highest BCUT2D eigenvalue weighted by atomic mass is 32.2. The molecule has 1 N–H and O–H groups in total. The van der Waals surface area contributed by atoms with E-state index < -0.39 is 0 Å². The Kier molecular flexibility index (Phi) is 6.83. The van der Waals surface area contributed by atoms with Crippen molar-refractivity contribution in [3.63, 3.8) is 0 Å². The fourth-order valence-electron chi connectivity index (χ4n) is 1.89. The molecule has 1 rings (SSSR count). The van der Waals surface area contributed by atoms with E-state index in [0.717, 1.165) is 30.0 Å². The number of halogens is 1. The van der Waals surface area contributed by atoms with Crippen molar-refractivity contribution in [2.45, 2.75) is 44.9 Å². The van der Waals surface area contributed by atoms with E-state index in [1.54, 1.807) is 19.2 Å². The first kappa shape index (κ1) is 17.3. The zero-order valence-corrected chi connectivity index (χ0v) is 13.9. The number of thioether (sulfide) groups is 1. The van der Waals surface area contributed by atoms with Crippen LogP contribution in [0.25, 0.3) is 0 Å². The SMILES string of the molecule is CCCNC(CSC(C)(C)C)c1cc(F)ccc1OC. The molecule has 1 aromatic carbocycles. The Hall–Kier alpha value is -0.740. The molecule has 0 saturated heterocycles. The molecule has 0 amide bonds. The molecule has 20 heavy (non-hydrogen) atoms. The van der Waals surface area contributed by atoms with Gasteiger partial charge in [-0.2, -0.15) is 11.8 Å². The Labute approximate surface area is 126 Å². The lowest BCUT2D eigenvalue weighted by molar-refractivity contribution is 0.400. The lowest BCUT2D eigenvalue weighted by atomic mass is 10.1. The van der Waals surface area contributed by atoms with Crippen LogP contribution in [0.2, 0.25) is 0 Å². The first-order valence-corrected chi connectivity index (χ1v) is 8.06. The number of rotatable bonds is 7. The molecule has 114 valence electrons. The average Bonchev–Trinajstić information content (AvgIpc) is 2.37. The van der Waals surface area contributed by atoms with Crippen molar-refractivity contribution in [2.75, 3.05) is 19.4 Å². The minimum Gasteiger partial charge on any atom is -0.496 e. The van der Waals surface area contributed by atoms with Gasteiger partial charge in [-0.05, 0) is 31.2 Å². The number of nitrogens with one attached hydrogen (secondary N) is 1. The molecule has 1 atom stereocenters. The number of methoxy groups -OCH3 is 1. The summed E-state index contributed by atoms with van der Waals surface area (Å²) in [5.41, 5.74) is 0.901. The van der Waals surface area contributed by atoms with E-state index in [4.69, 9.17) is 4.74 Å². The van der Waals surface area contributed by atoms with Gasteiger partial charge < -0.3 is 10.1 Å². The predicted molar refractivity (Wildman–Crippen MR) is 86.2 cm³/mol. The van der Waals surface area contributed by atoms with Crippen LogP contribution < -0.4 is 10.1 Å². The lowest BCUT2D eigenvalue weighted by Crippen LogP contribution is -2.26. The van der Waals surface area contributed by atoms with Crippen molar-refractivity contribution in [1.82, 2.24) is 5.32 Å². The standard InChI is InChI=1S/C16H26FNOS/c1-6-9-18-14(11-20-16(2,3)4)13-10-12(17)7-8-15(13)19-5/h7-8,10,14,18H,6,9,11H2,1-5H3. The second-order valence-electron chi connectivity index (χ2n) is 5.82. The van der Waals surface area contributed by atoms with E-state index in [2.05, 4.69) is 33.0 Å². The predicted octanol–water partition coefficient (Wildman–Crippen LogP) is 4.41. The monoisotopic (exact) mass is 299 g/mol. The summed E-state index contributed by atoms with van der Waals surface area (Å²) in [7, 11) is 1.63. The first-order chi connectivity index (χ1) is 9.37. The third-order valence-electron chi connectivity index (χ3n) is 2.89. The van der Waals surface area contributed by atoms with Gasteiger partial charge in [0, 0.05) is 22.1 Å². The molecular weight excluding hydrogens is 273 g/mol. The highest BCUT2D eigenvalue weighted by molar-refractivity contribution is 8.00. The summed E-state index contributed by atoms with van der Waals surface area (Å²) < 4.78 is 19.1. The summed E-state index contributed by atoms with van der Waals surface area (Å²) in [6.07, 6.45) is 1.05. The molecule has 0 saturated carbocycles. The minimum absolute atomic E-state index is 0.102. The van der Waals surface area contributed by atoms with E-state index in [1.807, 2.05) is 11.8 Å². The zero-order chi connectivity index (χ0) is 15.2.